The lowest BCUT2D eigenvalue weighted by atomic mass is 10.1. The van der Waals surface area contributed by atoms with Crippen molar-refractivity contribution in [1.29, 1.82) is 0 Å². The van der Waals surface area contributed by atoms with Crippen LogP contribution in [0.25, 0.3) is 11.0 Å². The summed E-state index contributed by atoms with van der Waals surface area (Å²) < 4.78 is 5.85. The summed E-state index contributed by atoms with van der Waals surface area (Å²) in [5, 5.41) is 0.755. The number of halogens is 1. The van der Waals surface area contributed by atoms with Gasteiger partial charge >= 0.3 is 5.76 Å². The molecule has 0 unspecified atom stereocenters. The molecule has 0 saturated carbocycles. The van der Waals surface area contributed by atoms with Gasteiger partial charge in [0.1, 0.15) is 5.58 Å². The molecular formula is C16H10ClNO4. The molecule has 0 aliphatic carbocycles. The molecule has 0 fully saturated rings. The molecule has 0 bridgehead atoms. The van der Waals surface area contributed by atoms with Crippen molar-refractivity contribution in [2.45, 2.75) is 6.54 Å². The predicted molar refractivity (Wildman–Crippen MR) is 82.5 cm³/mol. The van der Waals surface area contributed by atoms with Gasteiger partial charge in [0.25, 0.3) is 5.56 Å². The maximum Gasteiger partial charge on any atom is 0.422 e. The van der Waals surface area contributed by atoms with Gasteiger partial charge in [0.05, 0.1) is 11.9 Å². The quantitative estimate of drug-likeness (QED) is 0.696. The highest BCUT2D eigenvalue weighted by Gasteiger charge is 2.14. The number of nitrogens with zero attached hydrogens (tertiary/aromatic N) is 1. The second-order valence-electron chi connectivity index (χ2n) is 4.69. The molecule has 5 nitrogen and oxygen atoms in total. The van der Waals surface area contributed by atoms with Gasteiger partial charge in [-0.05, 0) is 36.4 Å². The number of hydrogen-bond acceptors (Lipinski definition) is 4. The summed E-state index contributed by atoms with van der Waals surface area (Å²) in [7, 11) is 0. The normalized spacial score (nSPS) is 10.8. The van der Waals surface area contributed by atoms with Gasteiger partial charge in [0.2, 0.25) is 0 Å². The molecule has 1 heterocycles. The monoisotopic (exact) mass is 315 g/mol. The van der Waals surface area contributed by atoms with E-state index in [0.717, 1.165) is 4.57 Å². The Balaban J connectivity index is 2.04. The van der Waals surface area contributed by atoms with Gasteiger partial charge in [-0.3, -0.25) is 9.59 Å². The molecule has 0 amide bonds. The standard InChI is InChI=1S/C16H10ClNO4/c17-11-7-5-10(6-8-11)13(19)9-18-15(20)12-3-1-2-4-14(12)22-16(18)21/h1-8H,9H2. The number of benzene rings is 2. The van der Waals surface area contributed by atoms with E-state index in [4.69, 9.17) is 16.0 Å². The van der Waals surface area contributed by atoms with Crippen LogP contribution in [0.5, 0.6) is 0 Å². The fourth-order valence-electron chi connectivity index (χ4n) is 2.12. The first-order valence-electron chi connectivity index (χ1n) is 6.48. The van der Waals surface area contributed by atoms with Gasteiger partial charge in [0, 0.05) is 10.6 Å². The largest absolute Gasteiger partial charge is 0.422 e. The lowest BCUT2D eigenvalue weighted by molar-refractivity contribution is 0.0966. The maximum atomic E-state index is 12.3. The first-order valence-corrected chi connectivity index (χ1v) is 6.85. The minimum atomic E-state index is -0.856. The van der Waals surface area contributed by atoms with Crippen molar-refractivity contribution < 1.29 is 9.21 Å². The predicted octanol–water partition coefficient (Wildman–Crippen LogP) is 2.49. The SMILES string of the molecule is O=C(Cn1c(=O)oc2ccccc2c1=O)c1ccc(Cl)cc1. The van der Waals surface area contributed by atoms with Gasteiger partial charge in [0.15, 0.2) is 5.78 Å². The Labute approximate surface area is 129 Å². The van der Waals surface area contributed by atoms with Gasteiger partial charge in [-0.2, -0.15) is 0 Å². The molecule has 3 rings (SSSR count). The molecular weight excluding hydrogens is 306 g/mol. The highest BCUT2D eigenvalue weighted by molar-refractivity contribution is 6.30. The van der Waals surface area contributed by atoms with Crippen LogP contribution in [0.4, 0.5) is 0 Å². The summed E-state index contributed by atoms with van der Waals surface area (Å²) in [5.41, 5.74) is 0.0192. The number of rotatable bonds is 3. The number of aromatic nitrogens is 1. The number of Topliss-reactive ketones (excluding diaryl/α,β-unsaturated/α-hetero) is 1. The second kappa shape index (κ2) is 5.61. The molecule has 0 N–H and O–H groups in total. The minimum Gasteiger partial charge on any atom is -0.409 e. The van der Waals surface area contributed by atoms with Crippen LogP contribution in [0.1, 0.15) is 10.4 Å². The topological polar surface area (TPSA) is 69.3 Å². The van der Waals surface area contributed by atoms with Crippen LogP contribution >= 0.6 is 11.6 Å². The van der Waals surface area contributed by atoms with E-state index in [0.29, 0.717) is 10.6 Å². The summed E-state index contributed by atoms with van der Waals surface area (Å²) in [6.45, 7) is -0.381. The van der Waals surface area contributed by atoms with E-state index in [1.54, 1.807) is 42.5 Å². The van der Waals surface area contributed by atoms with Crippen LogP contribution in [0.15, 0.2) is 62.5 Å². The van der Waals surface area contributed by atoms with Crippen molar-refractivity contribution in [3.63, 3.8) is 0 Å². The van der Waals surface area contributed by atoms with Crippen LogP contribution in [0.3, 0.4) is 0 Å². The average molecular weight is 316 g/mol. The molecule has 22 heavy (non-hydrogen) atoms. The van der Waals surface area contributed by atoms with Crippen LogP contribution in [-0.2, 0) is 6.54 Å². The van der Waals surface area contributed by atoms with E-state index in [1.165, 1.54) is 6.07 Å². The van der Waals surface area contributed by atoms with Gasteiger partial charge < -0.3 is 4.42 Å². The summed E-state index contributed by atoms with van der Waals surface area (Å²) in [4.78, 5) is 36.4. The molecule has 0 aliphatic rings. The van der Waals surface area contributed by atoms with Crippen LogP contribution < -0.4 is 11.3 Å². The lowest BCUT2D eigenvalue weighted by Gasteiger charge is -2.05. The molecule has 0 saturated heterocycles. The summed E-state index contributed by atoms with van der Waals surface area (Å²) in [6, 6.07) is 12.6. The number of hydrogen-bond donors (Lipinski definition) is 0. The first kappa shape index (κ1) is 14.3. The second-order valence-corrected chi connectivity index (χ2v) is 5.12. The maximum absolute atomic E-state index is 12.3. The zero-order valence-electron chi connectivity index (χ0n) is 11.3. The van der Waals surface area contributed by atoms with Gasteiger partial charge in [-0.15, -0.1) is 0 Å². The third-order valence-corrected chi connectivity index (χ3v) is 3.50. The molecule has 110 valence electrons. The number of para-hydroxylation sites is 1. The minimum absolute atomic E-state index is 0.202. The molecule has 0 spiro atoms. The summed E-state index contributed by atoms with van der Waals surface area (Å²) in [5.74, 6) is -1.23. The molecule has 0 atom stereocenters. The van der Waals surface area contributed by atoms with Crippen LogP contribution in [0, 0.1) is 0 Å². The number of carbonyl (C=O) groups excluding carboxylic acids is 1. The van der Waals surface area contributed by atoms with Crippen molar-refractivity contribution in [1.82, 2.24) is 4.57 Å². The van der Waals surface area contributed by atoms with Gasteiger partial charge in [-0.1, -0.05) is 23.7 Å². The highest BCUT2D eigenvalue weighted by Crippen LogP contribution is 2.11. The third-order valence-electron chi connectivity index (χ3n) is 3.25. The van der Waals surface area contributed by atoms with Crippen molar-refractivity contribution in [2.75, 3.05) is 0 Å². The summed E-state index contributed by atoms with van der Waals surface area (Å²) >= 11 is 5.76. The molecule has 6 heteroatoms. The van der Waals surface area contributed by atoms with Crippen molar-refractivity contribution in [3.05, 3.63) is 80.0 Å². The number of ketones is 1. The average Bonchev–Trinajstić information content (AvgIpc) is 2.52. The molecule has 3 aromatic rings. The molecule has 2 aromatic carbocycles. The Hall–Kier alpha value is -2.66. The van der Waals surface area contributed by atoms with Gasteiger partial charge in [-0.25, -0.2) is 9.36 Å². The van der Waals surface area contributed by atoms with Crippen LogP contribution in [0.2, 0.25) is 5.02 Å². The van der Waals surface area contributed by atoms with E-state index in [9.17, 15) is 14.4 Å². The Morgan fingerprint density at radius 3 is 2.45 bits per heavy atom. The Morgan fingerprint density at radius 2 is 1.73 bits per heavy atom. The number of fused-ring (bicyclic) bond motifs is 1. The Morgan fingerprint density at radius 1 is 1.05 bits per heavy atom. The molecule has 0 radical (unpaired) electrons. The van der Waals surface area contributed by atoms with Crippen molar-refractivity contribution >= 4 is 28.4 Å². The zero-order chi connectivity index (χ0) is 15.7. The third kappa shape index (κ3) is 2.58. The zero-order valence-corrected chi connectivity index (χ0v) is 12.0. The lowest BCUT2D eigenvalue weighted by Crippen LogP contribution is -2.35. The van der Waals surface area contributed by atoms with E-state index >= 15 is 0 Å². The van der Waals surface area contributed by atoms with Crippen molar-refractivity contribution in [3.8, 4) is 0 Å². The fourth-order valence-corrected chi connectivity index (χ4v) is 2.24. The van der Waals surface area contributed by atoms with E-state index in [-0.39, 0.29) is 23.3 Å². The smallest absolute Gasteiger partial charge is 0.409 e. The van der Waals surface area contributed by atoms with E-state index in [2.05, 4.69) is 0 Å². The van der Waals surface area contributed by atoms with Crippen molar-refractivity contribution in [2.24, 2.45) is 0 Å². The number of carbonyl (C=O) groups is 1. The Bertz CT molecular complexity index is 970. The summed E-state index contributed by atoms with van der Waals surface area (Å²) in [6.07, 6.45) is 0. The van der Waals surface area contributed by atoms with E-state index in [1.807, 2.05) is 0 Å². The van der Waals surface area contributed by atoms with Crippen LogP contribution in [-0.4, -0.2) is 10.4 Å². The molecule has 1 aromatic heterocycles. The Kier molecular flexibility index (Phi) is 3.65. The van der Waals surface area contributed by atoms with E-state index < -0.39 is 11.3 Å². The fraction of sp³-hybridized carbons (Fsp3) is 0.0625. The highest BCUT2D eigenvalue weighted by atomic mass is 35.5. The first-order chi connectivity index (χ1) is 10.6. The molecule has 0 aliphatic heterocycles.